The summed E-state index contributed by atoms with van der Waals surface area (Å²) in [4.78, 5) is 11.0. The van der Waals surface area contributed by atoms with E-state index in [1.807, 2.05) is 42.5 Å². The standard InChI is InChI=1S/C20H15BrO3/c21-18-12-16(15-6-2-1-3-7-15)9-10-19(18)24-13-14-5-4-8-17(11-14)20(22)23/h1-12H,13H2,(H,22,23). The fraction of sp³-hybridized carbons (Fsp3) is 0.0500. The Labute approximate surface area is 148 Å². The summed E-state index contributed by atoms with van der Waals surface area (Å²) < 4.78 is 6.67. The molecule has 3 aromatic carbocycles. The Balaban J connectivity index is 1.74. The first-order chi connectivity index (χ1) is 11.6. The molecule has 0 aliphatic heterocycles. The smallest absolute Gasteiger partial charge is 0.335 e. The molecule has 120 valence electrons. The van der Waals surface area contributed by atoms with Gasteiger partial charge >= 0.3 is 5.97 Å². The predicted octanol–water partition coefficient (Wildman–Crippen LogP) is 5.39. The topological polar surface area (TPSA) is 46.5 Å². The van der Waals surface area contributed by atoms with Crippen LogP contribution in [0, 0.1) is 0 Å². The Bertz CT molecular complexity index is 860. The highest BCUT2D eigenvalue weighted by Crippen LogP contribution is 2.31. The number of benzene rings is 3. The first-order valence-corrected chi connectivity index (χ1v) is 8.23. The minimum Gasteiger partial charge on any atom is -0.488 e. The average molecular weight is 383 g/mol. The van der Waals surface area contributed by atoms with Gasteiger partial charge in [-0.2, -0.15) is 0 Å². The molecule has 24 heavy (non-hydrogen) atoms. The van der Waals surface area contributed by atoms with E-state index in [0.29, 0.717) is 6.61 Å². The SMILES string of the molecule is O=C(O)c1cccc(COc2ccc(-c3ccccc3)cc2Br)c1. The van der Waals surface area contributed by atoms with Gasteiger partial charge in [0.2, 0.25) is 0 Å². The van der Waals surface area contributed by atoms with Crippen molar-refractivity contribution < 1.29 is 14.6 Å². The lowest BCUT2D eigenvalue weighted by molar-refractivity contribution is 0.0696. The highest BCUT2D eigenvalue weighted by Gasteiger charge is 2.07. The molecule has 3 rings (SSSR count). The Kier molecular flexibility index (Phi) is 4.96. The number of hydrogen-bond donors (Lipinski definition) is 1. The van der Waals surface area contributed by atoms with Gasteiger partial charge in [-0.15, -0.1) is 0 Å². The number of carboxylic acids is 1. The third-order valence-electron chi connectivity index (χ3n) is 3.61. The number of carbonyl (C=O) groups is 1. The van der Waals surface area contributed by atoms with Gasteiger partial charge in [0.15, 0.2) is 0 Å². The minimum atomic E-state index is -0.940. The average Bonchev–Trinajstić information content (AvgIpc) is 2.61. The van der Waals surface area contributed by atoms with Crippen LogP contribution in [0.2, 0.25) is 0 Å². The number of carboxylic acid groups (broad SMARTS) is 1. The second-order valence-electron chi connectivity index (χ2n) is 5.31. The van der Waals surface area contributed by atoms with Gasteiger partial charge in [-0.1, -0.05) is 48.5 Å². The molecule has 0 fully saturated rings. The number of aromatic carboxylic acids is 1. The Morgan fingerprint density at radius 3 is 2.42 bits per heavy atom. The summed E-state index contributed by atoms with van der Waals surface area (Å²) in [6.45, 7) is 0.310. The van der Waals surface area contributed by atoms with Crippen LogP contribution in [0.3, 0.4) is 0 Å². The molecule has 0 saturated carbocycles. The second kappa shape index (κ2) is 7.32. The summed E-state index contributed by atoms with van der Waals surface area (Å²) in [7, 11) is 0. The third-order valence-corrected chi connectivity index (χ3v) is 4.23. The van der Waals surface area contributed by atoms with Crippen LogP contribution >= 0.6 is 15.9 Å². The van der Waals surface area contributed by atoms with Crippen LogP contribution < -0.4 is 4.74 Å². The minimum absolute atomic E-state index is 0.259. The summed E-state index contributed by atoms with van der Waals surface area (Å²) >= 11 is 3.54. The molecule has 4 heteroatoms. The lowest BCUT2D eigenvalue weighted by Crippen LogP contribution is -2.00. The van der Waals surface area contributed by atoms with E-state index in [2.05, 4.69) is 28.1 Å². The molecular formula is C20H15BrO3. The van der Waals surface area contributed by atoms with E-state index in [0.717, 1.165) is 26.9 Å². The van der Waals surface area contributed by atoms with Crippen molar-refractivity contribution in [3.8, 4) is 16.9 Å². The predicted molar refractivity (Wildman–Crippen MR) is 97.3 cm³/mol. The summed E-state index contributed by atoms with van der Waals surface area (Å²) in [5.41, 5.74) is 3.31. The number of rotatable bonds is 5. The maximum atomic E-state index is 11.0. The van der Waals surface area contributed by atoms with Crippen molar-refractivity contribution in [2.75, 3.05) is 0 Å². The zero-order chi connectivity index (χ0) is 16.9. The lowest BCUT2D eigenvalue weighted by atomic mass is 10.1. The van der Waals surface area contributed by atoms with Crippen molar-refractivity contribution >= 4 is 21.9 Å². The first-order valence-electron chi connectivity index (χ1n) is 7.43. The highest BCUT2D eigenvalue weighted by atomic mass is 79.9. The van der Waals surface area contributed by atoms with Crippen LogP contribution in [0.4, 0.5) is 0 Å². The molecule has 0 atom stereocenters. The van der Waals surface area contributed by atoms with Crippen molar-refractivity contribution in [2.24, 2.45) is 0 Å². The van der Waals surface area contributed by atoms with E-state index in [-0.39, 0.29) is 5.56 Å². The van der Waals surface area contributed by atoms with Gasteiger partial charge in [-0.25, -0.2) is 4.79 Å². The summed E-state index contributed by atoms with van der Waals surface area (Å²) in [5, 5.41) is 9.03. The van der Waals surface area contributed by atoms with Gasteiger partial charge in [0, 0.05) is 0 Å². The maximum Gasteiger partial charge on any atom is 0.335 e. The van der Waals surface area contributed by atoms with Crippen LogP contribution in [0.15, 0.2) is 77.3 Å². The van der Waals surface area contributed by atoms with Crippen LogP contribution in [0.1, 0.15) is 15.9 Å². The highest BCUT2D eigenvalue weighted by molar-refractivity contribution is 9.10. The molecule has 0 spiro atoms. The zero-order valence-electron chi connectivity index (χ0n) is 12.8. The van der Waals surface area contributed by atoms with E-state index in [4.69, 9.17) is 9.84 Å². The first kappa shape index (κ1) is 16.3. The van der Waals surface area contributed by atoms with Gasteiger partial charge in [-0.3, -0.25) is 0 Å². The molecular weight excluding hydrogens is 368 g/mol. The molecule has 0 amide bonds. The van der Waals surface area contributed by atoms with Crippen molar-refractivity contribution in [3.63, 3.8) is 0 Å². The summed E-state index contributed by atoms with van der Waals surface area (Å²) in [5.74, 6) is -0.222. The van der Waals surface area contributed by atoms with Crippen molar-refractivity contribution in [3.05, 3.63) is 88.4 Å². The zero-order valence-corrected chi connectivity index (χ0v) is 14.4. The van der Waals surface area contributed by atoms with Crippen molar-refractivity contribution in [2.45, 2.75) is 6.61 Å². The van der Waals surface area contributed by atoms with E-state index in [1.54, 1.807) is 18.2 Å². The van der Waals surface area contributed by atoms with E-state index in [1.165, 1.54) is 0 Å². The van der Waals surface area contributed by atoms with Crippen LogP contribution in [0.25, 0.3) is 11.1 Å². The normalized spacial score (nSPS) is 10.4. The van der Waals surface area contributed by atoms with Gasteiger partial charge in [-0.05, 0) is 56.9 Å². The lowest BCUT2D eigenvalue weighted by Gasteiger charge is -2.10. The number of ether oxygens (including phenoxy) is 1. The molecule has 3 aromatic rings. The van der Waals surface area contributed by atoms with E-state index < -0.39 is 5.97 Å². The summed E-state index contributed by atoms with van der Waals surface area (Å²) in [6, 6.07) is 22.8. The van der Waals surface area contributed by atoms with Crippen molar-refractivity contribution in [1.82, 2.24) is 0 Å². The number of hydrogen-bond acceptors (Lipinski definition) is 2. The van der Waals surface area contributed by atoms with Gasteiger partial charge in [0.25, 0.3) is 0 Å². The largest absolute Gasteiger partial charge is 0.488 e. The third kappa shape index (κ3) is 3.84. The number of halogens is 1. The van der Waals surface area contributed by atoms with Crippen molar-refractivity contribution in [1.29, 1.82) is 0 Å². The van der Waals surface area contributed by atoms with E-state index in [9.17, 15) is 4.79 Å². The Hall–Kier alpha value is -2.59. The molecule has 0 saturated heterocycles. The fourth-order valence-electron chi connectivity index (χ4n) is 2.38. The molecule has 0 unspecified atom stereocenters. The van der Waals surface area contributed by atoms with E-state index >= 15 is 0 Å². The molecule has 3 nitrogen and oxygen atoms in total. The second-order valence-corrected chi connectivity index (χ2v) is 6.16. The van der Waals surface area contributed by atoms with Crippen LogP contribution in [-0.4, -0.2) is 11.1 Å². The Morgan fingerprint density at radius 1 is 0.917 bits per heavy atom. The van der Waals surface area contributed by atoms with Crippen LogP contribution in [0.5, 0.6) is 5.75 Å². The molecule has 0 bridgehead atoms. The molecule has 0 aliphatic rings. The van der Waals surface area contributed by atoms with Gasteiger partial charge < -0.3 is 9.84 Å². The van der Waals surface area contributed by atoms with Gasteiger partial charge in [0.05, 0.1) is 10.0 Å². The maximum absolute atomic E-state index is 11.0. The van der Waals surface area contributed by atoms with Crippen LogP contribution in [-0.2, 0) is 6.61 Å². The molecule has 0 aromatic heterocycles. The summed E-state index contributed by atoms with van der Waals surface area (Å²) in [6.07, 6.45) is 0. The molecule has 0 radical (unpaired) electrons. The monoisotopic (exact) mass is 382 g/mol. The molecule has 0 heterocycles. The molecule has 0 aliphatic carbocycles. The quantitative estimate of drug-likeness (QED) is 0.642. The Morgan fingerprint density at radius 2 is 1.71 bits per heavy atom. The van der Waals surface area contributed by atoms with Gasteiger partial charge in [0.1, 0.15) is 12.4 Å². The molecule has 1 N–H and O–H groups in total. The fourth-order valence-corrected chi connectivity index (χ4v) is 2.88.